The zero-order valence-corrected chi connectivity index (χ0v) is 11.0. The van der Waals surface area contributed by atoms with E-state index in [1.165, 1.54) is 25.3 Å². The monoisotopic (exact) mass is 266 g/mol. The van der Waals surface area contributed by atoms with Crippen molar-refractivity contribution >= 4 is 17.7 Å². The van der Waals surface area contributed by atoms with Crippen LogP contribution in [-0.2, 0) is 0 Å². The van der Waals surface area contributed by atoms with Gasteiger partial charge in [-0.15, -0.1) is 0 Å². The van der Waals surface area contributed by atoms with Gasteiger partial charge in [0.05, 0.1) is 18.4 Å². The third kappa shape index (κ3) is 4.50. The molecule has 0 unspecified atom stereocenters. The number of ether oxygens (including phenoxy) is 1. The number of urea groups is 1. The lowest BCUT2D eigenvalue weighted by Crippen LogP contribution is -2.30. The quantitative estimate of drug-likeness (QED) is 0.689. The van der Waals surface area contributed by atoms with Crippen LogP contribution in [0.25, 0.3) is 0 Å². The van der Waals surface area contributed by atoms with Crippen molar-refractivity contribution < 1.29 is 19.4 Å². The SMILES string of the molecule is CCCCNC(=O)Nc1cc(OC)ccc1C(=O)O. The van der Waals surface area contributed by atoms with Crippen LogP contribution < -0.4 is 15.4 Å². The average molecular weight is 266 g/mol. The minimum atomic E-state index is -1.11. The number of amides is 2. The van der Waals surface area contributed by atoms with Gasteiger partial charge < -0.3 is 20.5 Å². The maximum atomic E-state index is 11.6. The molecule has 1 aromatic carbocycles. The number of carboxylic acid groups (broad SMARTS) is 1. The molecule has 1 rings (SSSR count). The van der Waals surface area contributed by atoms with Crippen LogP contribution in [-0.4, -0.2) is 30.8 Å². The Balaban J connectivity index is 2.79. The van der Waals surface area contributed by atoms with E-state index in [0.29, 0.717) is 12.3 Å². The molecule has 0 saturated carbocycles. The second-order valence-corrected chi connectivity index (χ2v) is 3.95. The van der Waals surface area contributed by atoms with Gasteiger partial charge >= 0.3 is 12.0 Å². The van der Waals surface area contributed by atoms with Crippen LogP contribution in [0.3, 0.4) is 0 Å². The van der Waals surface area contributed by atoms with Gasteiger partial charge in [-0.3, -0.25) is 0 Å². The van der Waals surface area contributed by atoms with E-state index in [2.05, 4.69) is 10.6 Å². The highest BCUT2D eigenvalue weighted by molar-refractivity contribution is 6.00. The molecule has 3 N–H and O–H groups in total. The molecule has 2 amide bonds. The lowest BCUT2D eigenvalue weighted by atomic mass is 10.1. The summed E-state index contributed by atoms with van der Waals surface area (Å²) in [5.41, 5.74) is 0.229. The molecule has 0 saturated heterocycles. The first-order chi connectivity index (χ1) is 9.08. The first-order valence-electron chi connectivity index (χ1n) is 6.04. The molecule has 0 heterocycles. The van der Waals surface area contributed by atoms with Gasteiger partial charge in [-0.2, -0.15) is 0 Å². The molecule has 0 aliphatic carbocycles. The summed E-state index contributed by atoms with van der Waals surface area (Å²) in [6.45, 7) is 2.57. The second kappa shape index (κ2) is 7.25. The van der Waals surface area contributed by atoms with Gasteiger partial charge in [0, 0.05) is 12.6 Å². The summed E-state index contributed by atoms with van der Waals surface area (Å²) < 4.78 is 5.01. The van der Waals surface area contributed by atoms with Crippen molar-refractivity contribution in [3.05, 3.63) is 23.8 Å². The summed E-state index contributed by atoms with van der Waals surface area (Å²) in [6.07, 6.45) is 1.84. The third-order valence-corrected chi connectivity index (χ3v) is 2.52. The van der Waals surface area contributed by atoms with E-state index in [9.17, 15) is 9.59 Å². The van der Waals surface area contributed by atoms with Gasteiger partial charge in [0.1, 0.15) is 5.75 Å². The van der Waals surface area contributed by atoms with Crippen molar-refractivity contribution in [3.8, 4) is 5.75 Å². The minimum Gasteiger partial charge on any atom is -0.497 e. The van der Waals surface area contributed by atoms with E-state index < -0.39 is 12.0 Å². The number of benzene rings is 1. The maximum absolute atomic E-state index is 11.6. The summed E-state index contributed by atoms with van der Waals surface area (Å²) in [5, 5.41) is 14.2. The Hall–Kier alpha value is -2.24. The predicted molar refractivity (Wildman–Crippen MR) is 71.9 cm³/mol. The predicted octanol–water partition coefficient (Wildman–Crippen LogP) is 2.31. The van der Waals surface area contributed by atoms with Crippen molar-refractivity contribution in [2.75, 3.05) is 19.0 Å². The summed E-state index contributed by atoms with van der Waals surface area (Å²) in [6, 6.07) is 3.97. The fraction of sp³-hybridized carbons (Fsp3) is 0.385. The Bertz CT molecular complexity index is 460. The molecule has 6 nitrogen and oxygen atoms in total. The molecule has 0 bridgehead atoms. The molecule has 104 valence electrons. The van der Waals surface area contributed by atoms with Gasteiger partial charge in [-0.05, 0) is 18.6 Å². The summed E-state index contributed by atoms with van der Waals surface area (Å²) in [4.78, 5) is 22.7. The molecule has 19 heavy (non-hydrogen) atoms. The highest BCUT2D eigenvalue weighted by atomic mass is 16.5. The molecule has 0 aliphatic rings. The number of carbonyl (C=O) groups is 2. The number of nitrogens with one attached hydrogen (secondary N) is 2. The molecule has 0 radical (unpaired) electrons. The number of carboxylic acids is 1. The molecule has 1 aromatic rings. The normalized spacial score (nSPS) is 9.79. The number of anilines is 1. The molecular weight excluding hydrogens is 248 g/mol. The minimum absolute atomic E-state index is 0.0199. The van der Waals surface area contributed by atoms with Gasteiger partial charge in [-0.1, -0.05) is 13.3 Å². The molecule has 6 heteroatoms. The van der Waals surface area contributed by atoms with Crippen molar-refractivity contribution in [2.24, 2.45) is 0 Å². The summed E-state index contributed by atoms with van der Waals surface area (Å²) in [5.74, 6) is -0.625. The molecule has 0 aliphatic heterocycles. The number of rotatable bonds is 6. The van der Waals surface area contributed by atoms with E-state index in [0.717, 1.165) is 12.8 Å². The van der Waals surface area contributed by atoms with Gasteiger partial charge in [-0.25, -0.2) is 9.59 Å². The Morgan fingerprint density at radius 3 is 2.68 bits per heavy atom. The highest BCUT2D eigenvalue weighted by Crippen LogP contribution is 2.22. The van der Waals surface area contributed by atoms with Crippen LogP contribution in [0.1, 0.15) is 30.1 Å². The molecule has 0 aromatic heterocycles. The smallest absolute Gasteiger partial charge is 0.337 e. The molecule has 0 fully saturated rings. The van der Waals surface area contributed by atoms with Crippen molar-refractivity contribution in [3.63, 3.8) is 0 Å². The zero-order valence-electron chi connectivity index (χ0n) is 11.0. The largest absolute Gasteiger partial charge is 0.497 e. The fourth-order valence-electron chi connectivity index (χ4n) is 1.49. The topological polar surface area (TPSA) is 87.7 Å². The fourth-order valence-corrected chi connectivity index (χ4v) is 1.49. The molecular formula is C13H18N2O4. The van der Waals surface area contributed by atoms with Gasteiger partial charge in [0.25, 0.3) is 0 Å². The first kappa shape index (κ1) is 14.8. The van der Waals surface area contributed by atoms with Gasteiger partial charge in [0.15, 0.2) is 0 Å². The number of hydrogen-bond acceptors (Lipinski definition) is 3. The summed E-state index contributed by atoms with van der Waals surface area (Å²) >= 11 is 0. The van der Waals surface area contributed by atoms with Crippen LogP contribution in [0.4, 0.5) is 10.5 Å². The lowest BCUT2D eigenvalue weighted by Gasteiger charge is -2.11. The van der Waals surface area contributed by atoms with Crippen molar-refractivity contribution in [1.29, 1.82) is 0 Å². The Morgan fingerprint density at radius 2 is 2.11 bits per heavy atom. The van der Waals surface area contributed by atoms with E-state index in [1.807, 2.05) is 6.92 Å². The average Bonchev–Trinajstić information content (AvgIpc) is 2.38. The number of methoxy groups -OCH3 is 1. The van der Waals surface area contributed by atoms with Crippen molar-refractivity contribution in [2.45, 2.75) is 19.8 Å². The van der Waals surface area contributed by atoms with Crippen LogP contribution in [0.5, 0.6) is 5.75 Å². The number of aromatic carboxylic acids is 1. The second-order valence-electron chi connectivity index (χ2n) is 3.95. The summed E-state index contributed by atoms with van der Waals surface area (Å²) in [7, 11) is 1.47. The Labute approximate surface area is 111 Å². The Kier molecular flexibility index (Phi) is 5.66. The van der Waals surface area contributed by atoms with Crippen LogP contribution in [0.2, 0.25) is 0 Å². The molecule has 0 spiro atoms. The van der Waals surface area contributed by atoms with Crippen LogP contribution in [0, 0.1) is 0 Å². The maximum Gasteiger partial charge on any atom is 0.337 e. The zero-order chi connectivity index (χ0) is 14.3. The van der Waals surface area contributed by atoms with Crippen LogP contribution >= 0.6 is 0 Å². The van der Waals surface area contributed by atoms with E-state index in [4.69, 9.17) is 9.84 Å². The third-order valence-electron chi connectivity index (χ3n) is 2.52. The number of carbonyl (C=O) groups excluding carboxylic acids is 1. The van der Waals surface area contributed by atoms with E-state index >= 15 is 0 Å². The van der Waals surface area contributed by atoms with Crippen LogP contribution in [0.15, 0.2) is 18.2 Å². The number of hydrogen-bond donors (Lipinski definition) is 3. The van der Waals surface area contributed by atoms with E-state index in [1.54, 1.807) is 0 Å². The standard InChI is InChI=1S/C13H18N2O4/c1-3-4-7-14-13(18)15-11-8-9(19-2)5-6-10(11)12(16)17/h5-6,8H,3-4,7H2,1-2H3,(H,16,17)(H2,14,15,18). The number of unbranched alkanes of at least 4 members (excludes halogenated alkanes) is 1. The lowest BCUT2D eigenvalue weighted by molar-refractivity contribution is 0.0698. The van der Waals surface area contributed by atoms with Gasteiger partial charge in [0.2, 0.25) is 0 Å². The Morgan fingerprint density at radius 1 is 1.37 bits per heavy atom. The van der Waals surface area contributed by atoms with E-state index in [-0.39, 0.29) is 11.3 Å². The molecule has 0 atom stereocenters. The highest BCUT2D eigenvalue weighted by Gasteiger charge is 2.13. The first-order valence-corrected chi connectivity index (χ1v) is 6.04. The van der Waals surface area contributed by atoms with Crippen molar-refractivity contribution in [1.82, 2.24) is 5.32 Å².